The van der Waals surface area contributed by atoms with E-state index in [2.05, 4.69) is 50.9 Å². The zero-order valence-electron chi connectivity index (χ0n) is 15.3. The monoisotopic (exact) mass is 341 g/mol. The molecule has 0 spiro atoms. The predicted octanol–water partition coefficient (Wildman–Crippen LogP) is 1.98. The van der Waals surface area contributed by atoms with E-state index in [0.717, 1.165) is 38.4 Å². The second-order valence-electron chi connectivity index (χ2n) is 6.83. The smallest absolute Gasteiger partial charge is 0.232 e. The van der Waals surface area contributed by atoms with Gasteiger partial charge in [-0.25, -0.2) is 4.98 Å². The molecule has 3 rings (SSSR count). The summed E-state index contributed by atoms with van der Waals surface area (Å²) in [5.74, 6) is 0.795. The summed E-state index contributed by atoms with van der Waals surface area (Å²) in [6.45, 7) is 9.40. The van der Waals surface area contributed by atoms with Gasteiger partial charge in [0.1, 0.15) is 6.10 Å². The Morgan fingerprint density at radius 1 is 1.08 bits per heavy atom. The Kier molecular flexibility index (Phi) is 5.94. The molecule has 2 aromatic heterocycles. The highest BCUT2D eigenvalue weighted by molar-refractivity contribution is 5.19. The van der Waals surface area contributed by atoms with E-state index in [1.807, 2.05) is 13.1 Å². The summed E-state index contributed by atoms with van der Waals surface area (Å²) in [6, 6.07) is 4.20. The van der Waals surface area contributed by atoms with E-state index < -0.39 is 0 Å². The van der Waals surface area contributed by atoms with Gasteiger partial charge in [0.2, 0.25) is 5.88 Å². The number of hydrogen-bond donors (Lipinski definition) is 0. The first-order chi connectivity index (χ1) is 12.1. The Labute approximate surface area is 149 Å². The lowest BCUT2D eigenvalue weighted by Crippen LogP contribution is -2.48. The molecule has 1 saturated heterocycles. The molecular formula is C19H27N5O. The van der Waals surface area contributed by atoms with Crippen molar-refractivity contribution in [1.82, 2.24) is 24.8 Å². The third-order valence-electron chi connectivity index (χ3n) is 4.86. The van der Waals surface area contributed by atoms with Crippen LogP contribution in [0.2, 0.25) is 0 Å². The molecule has 0 saturated carbocycles. The summed E-state index contributed by atoms with van der Waals surface area (Å²) in [7, 11) is 2.17. The highest BCUT2D eigenvalue weighted by Gasteiger charge is 2.26. The summed E-state index contributed by atoms with van der Waals surface area (Å²) in [5, 5.41) is 0. The van der Waals surface area contributed by atoms with Gasteiger partial charge < -0.3 is 9.64 Å². The predicted molar refractivity (Wildman–Crippen MR) is 97.8 cm³/mol. The van der Waals surface area contributed by atoms with Gasteiger partial charge in [0.15, 0.2) is 0 Å². The lowest BCUT2D eigenvalue weighted by Gasteiger charge is -2.36. The topological polar surface area (TPSA) is 54.4 Å². The van der Waals surface area contributed by atoms with E-state index >= 15 is 0 Å². The first-order valence-corrected chi connectivity index (χ1v) is 8.88. The number of aryl methyl sites for hydroxylation is 1. The second-order valence-corrected chi connectivity index (χ2v) is 6.83. The van der Waals surface area contributed by atoms with E-state index in [0.29, 0.717) is 5.88 Å². The van der Waals surface area contributed by atoms with Crippen LogP contribution < -0.4 is 4.74 Å². The van der Waals surface area contributed by atoms with Crippen molar-refractivity contribution < 1.29 is 4.74 Å². The first-order valence-electron chi connectivity index (χ1n) is 8.88. The van der Waals surface area contributed by atoms with Crippen molar-refractivity contribution in [3.63, 3.8) is 0 Å². The molecule has 0 bridgehead atoms. The van der Waals surface area contributed by atoms with Crippen LogP contribution in [0.1, 0.15) is 24.1 Å². The van der Waals surface area contributed by atoms with Gasteiger partial charge in [0.25, 0.3) is 0 Å². The molecule has 25 heavy (non-hydrogen) atoms. The Bertz CT molecular complexity index is 641. The van der Waals surface area contributed by atoms with Crippen molar-refractivity contribution in [3.05, 3.63) is 48.2 Å². The fraction of sp³-hybridized carbons (Fsp3) is 0.526. The largest absolute Gasteiger partial charge is 0.471 e. The fourth-order valence-corrected chi connectivity index (χ4v) is 3.05. The zero-order chi connectivity index (χ0) is 17.6. The fourth-order valence-electron chi connectivity index (χ4n) is 3.05. The molecule has 2 aromatic rings. The number of nitrogens with zero attached hydrogens (tertiary/aromatic N) is 5. The van der Waals surface area contributed by atoms with Gasteiger partial charge in [-0.15, -0.1) is 0 Å². The highest BCUT2D eigenvalue weighted by atomic mass is 16.5. The molecule has 2 atom stereocenters. The van der Waals surface area contributed by atoms with Gasteiger partial charge in [0.05, 0.1) is 6.20 Å². The standard InChI is InChI=1S/C19H27N5O/c1-15-4-5-17(12-22-15)16(2)18(25-19-13-20-6-7-21-19)14-24-10-8-23(3)9-11-24/h4-7,12-13,16,18H,8-11,14H2,1-3H3. The van der Waals surface area contributed by atoms with Crippen LogP contribution in [0.4, 0.5) is 0 Å². The van der Waals surface area contributed by atoms with Gasteiger partial charge >= 0.3 is 0 Å². The minimum absolute atomic E-state index is 0.00427. The van der Waals surface area contributed by atoms with Gasteiger partial charge in [-0.1, -0.05) is 13.0 Å². The molecule has 0 aliphatic carbocycles. The number of ether oxygens (including phenoxy) is 1. The average Bonchev–Trinajstić information content (AvgIpc) is 2.64. The molecule has 1 aliphatic heterocycles. The van der Waals surface area contributed by atoms with Crippen LogP contribution >= 0.6 is 0 Å². The Morgan fingerprint density at radius 2 is 1.88 bits per heavy atom. The van der Waals surface area contributed by atoms with Crippen LogP contribution in [0.5, 0.6) is 5.88 Å². The van der Waals surface area contributed by atoms with Crippen LogP contribution in [-0.4, -0.2) is 70.6 Å². The highest BCUT2D eigenvalue weighted by Crippen LogP contribution is 2.23. The van der Waals surface area contributed by atoms with Gasteiger partial charge in [-0.3, -0.25) is 14.9 Å². The Balaban J connectivity index is 1.74. The number of rotatable bonds is 6. The molecule has 134 valence electrons. The number of piperazine rings is 1. The summed E-state index contributed by atoms with van der Waals surface area (Å²) < 4.78 is 6.23. The lowest BCUT2D eigenvalue weighted by atomic mass is 9.95. The van der Waals surface area contributed by atoms with Crippen LogP contribution in [0.25, 0.3) is 0 Å². The quantitative estimate of drug-likeness (QED) is 0.801. The molecule has 1 aliphatic rings. The first kappa shape index (κ1) is 17.8. The number of aromatic nitrogens is 3. The number of hydrogen-bond acceptors (Lipinski definition) is 6. The van der Waals surface area contributed by atoms with Crippen LogP contribution in [0, 0.1) is 6.92 Å². The summed E-state index contributed by atoms with van der Waals surface area (Å²) >= 11 is 0. The van der Waals surface area contributed by atoms with Crippen molar-refractivity contribution in [2.24, 2.45) is 0 Å². The molecule has 6 heteroatoms. The number of likely N-dealkylation sites (N-methyl/N-ethyl adjacent to an activating group) is 1. The van der Waals surface area contributed by atoms with Crippen LogP contribution in [-0.2, 0) is 0 Å². The Hall–Kier alpha value is -2.05. The molecule has 0 aromatic carbocycles. The summed E-state index contributed by atoms with van der Waals surface area (Å²) in [5.41, 5.74) is 2.22. The maximum atomic E-state index is 6.23. The molecule has 0 amide bonds. The lowest BCUT2D eigenvalue weighted by molar-refractivity contribution is 0.0792. The Morgan fingerprint density at radius 3 is 2.52 bits per heavy atom. The minimum Gasteiger partial charge on any atom is -0.471 e. The molecule has 1 fully saturated rings. The SMILES string of the molecule is Cc1ccc(C(C)C(CN2CCN(C)CC2)Oc2cnccn2)cn1. The molecule has 0 N–H and O–H groups in total. The number of pyridine rings is 1. The van der Waals surface area contributed by atoms with E-state index in [4.69, 9.17) is 4.74 Å². The van der Waals surface area contributed by atoms with Crippen LogP contribution in [0.15, 0.2) is 36.9 Å². The van der Waals surface area contributed by atoms with E-state index in [1.165, 1.54) is 5.56 Å². The minimum atomic E-state index is 0.00427. The maximum absolute atomic E-state index is 6.23. The third kappa shape index (κ3) is 4.96. The zero-order valence-corrected chi connectivity index (χ0v) is 15.3. The normalized spacial score (nSPS) is 18.7. The van der Waals surface area contributed by atoms with Crippen molar-refractivity contribution in [2.75, 3.05) is 39.8 Å². The van der Waals surface area contributed by atoms with E-state index in [1.54, 1.807) is 18.6 Å². The summed E-state index contributed by atoms with van der Waals surface area (Å²) in [6.07, 6.45) is 6.97. The molecule has 2 unspecified atom stereocenters. The van der Waals surface area contributed by atoms with Crippen LogP contribution in [0.3, 0.4) is 0 Å². The van der Waals surface area contributed by atoms with E-state index in [9.17, 15) is 0 Å². The van der Waals surface area contributed by atoms with Gasteiger partial charge in [-0.05, 0) is 25.6 Å². The van der Waals surface area contributed by atoms with Crippen molar-refractivity contribution >= 4 is 0 Å². The van der Waals surface area contributed by atoms with Gasteiger partial charge in [-0.2, -0.15) is 0 Å². The second kappa shape index (κ2) is 8.36. The van der Waals surface area contributed by atoms with Crippen molar-refractivity contribution in [1.29, 1.82) is 0 Å². The average molecular weight is 341 g/mol. The molecule has 0 radical (unpaired) electrons. The molecule has 6 nitrogen and oxygen atoms in total. The molecule has 3 heterocycles. The van der Waals surface area contributed by atoms with Crippen molar-refractivity contribution in [3.8, 4) is 5.88 Å². The summed E-state index contributed by atoms with van der Waals surface area (Å²) in [4.78, 5) is 17.7. The maximum Gasteiger partial charge on any atom is 0.232 e. The van der Waals surface area contributed by atoms with Gasteiger partial charge in [0, 0.05) is 62.9 Å². The van der Waals surface area contributed by atoms with Crippen molar-refractivity contribution in [2.45, 2.75) is 25.9 Å². The molecular weight excluding hydrogens is 314 g/mol. The third-order valence-corrected chi connectivity index (χ3v) is 4.86. The van der Waals surface area contributed by atoms with E-state index in [-0.39, 0.29) is 12.0 Å².